The van der Waals surface area contributed by atoms with Gasteiger partial charge in [0.2, 0.25) is 0 Å². The normalized spacial score (nSPS) is 15.8. The summed E-state index contributed by atoms with van der Waals surface area (Å²) in [6, 6.07) is 18.2. The third-order valence-corrected chi connectivity index (χ3v) is 4.10. The fraction of sp³-hybridized carbons (Fsp3) is 0.368. The van der Waals surface area contributed by atoms with Gasteiger partial charge in [-0.1, -0.05) is 60.7 Å². The molecule has 0 fully saturated rings. The van der Waals surface area contributed by atoms with Crippen molar-refractivity contribution in [2.45, 2.75) is 38.0 Å². The molecule has 0 spiro atoms. The lowest BCUT2D eigenvalue weighted by atomic mass is 9.99. The predicted molar refractivity (Wildman–Crippen MR) is 88.6 cm³/mol. The molecule has 6 heteroatoms. The molecule has 0 saturated heterocycles. The largest absolute Gasteiger partial charge is 0.419 e. The molecular weight excluding hydrogens is 334 g/mol. The van der Waals surface area contributed by atoms with Crippen LogP contribution in [-0.4, -0.2) is 34.5 Å². The second-order valence-corrected chi connectivity index (χ2v) is 6.25. The number of rotatable bonds is 7. The van der Waals surface area contributed by atoms with Gasteiger partial charge in [0.15, 0.2) is 5.60 Å². The van der Waals surface area contributed by atoms with E-state index in [2.05, 4.69) is 0 Å². The lowest BCUT2D eigenvalue weighted by Gasteiger charge is -2.33. The molecule has 2 aromatic carbocycles. The summed E-state index contributed by atoms with van der Waals surface area (Å²) < 4.78 is 53.0. The molecule has 25 heavy (non-hydrogen) atoms. The van der Waals surface area contributed by atoms with Crippen LogP contribution in [-0.2, 0) is 13.1 Å². The summed E-state index contributed by atoms with van der Waals surface area (Å²) in [7, 11) is 0. The second kappa shape index (κ2) is 7.97. The van der Waals surface area contributed by atoms with Gasteiger partial charge >= 0.3 is 6.18 Å². The van der Waals surface area contributed by atoms with Gasteiger partial charge in [0, 0.05) is 19.6 Å². The van der Waals surface area contributed by atoms with Gasteiger partial charge in [-0.05, 0) is 18.1 Å². The number of aliphatic hydroxyl groups is 1. The first-order valence-electron chi connectivity index (χ1n) is 7.93. The molecule has 2 atom stereocenters. The van der Waals surface area contributed by atoms with E-state index in [-0.39, 0.29) is 13.1 Å². The highest BCUT2D eigenvalue weighted by Gasteiger charge is 2.55. The van der Waals surface area contributed by atoms with Gasteiger partial charge < -0.3 is 5.11 Å². The maximum Gasteiger partial charge on any atom is 0.419 e. The first-order chi connectivity index (χ1) is 11.7. The van der Waals surface area contributed by atoms with Crippen LogP contribution in [0.4, 0.5) is 17.6 Å². The molecule has 0 aliphatic heterocycles. The number of nitrogens with zero attached hydrogens (tertiary/aromatic N) is 1. The zero-order valence-electron chi connectivity index (χ0n) is 13.9. The molecule has 1 N–H and O–H groups in total. The summed E-state index contributed by atoms with van der Waals surface area (Å²) in [6.07, 6.45) is -7.49. The third kappa shape index (κ3) is 5.28. The first kappa shape index (κ1) is 19.4. The molecule has 2 unspecified atom stereocenters. The van der Waals surface area contributed by atoms with Crippen LogP contribution in [0.1, 0.15) is 18.1 Å². The Labute approximate surface area is 144 Å². The molecule has 0 aliphatic rings. The van der Waals surface area contributed by atoms with Crippen molar-refractivity contribution in [2.75, 3.05) is 6.54 Å². The smallest absolute Gasteiger partial charge is 0.378 e. The second-order valence-electron chi connectivity index (χ2n) is 6.25. The van der Waals surface area contributed by atoms with E-state index in [1.807, 2.05) is 60.7 Å². The Kier molecular flexibility index (Phi) is 6.19. The van der Waals surface area contributed by atoms with Crippen LogP contribution in [0.15, 0.2) is 60.7 Å². The van der Waals surface area contributed by atoms with Crippen LogP contribution in [0.5, 0.6) is 0 Å². The summed E-state index contributed by atoms with van der Waals surface area (Å²) in [5, 5.41) is 9.57. The van der Waals surface area contributed by atoms with Crippen LogP contribution in [0, 0.1) is 0 Å². The molecule has 0 aromatic heterocycles. The third-order valence-electron chi connectivity index (χ3n) is 4.10. The lowest BCUT2D eigenvalue weighted by Crippen LogP contribution is -2.53. The van der Waals surface area contributed by atoms with Crippen LogP contribution >= 0.6 is 0 Å². The van der Waals surface area contributed by atoms with Crippen molar-refractivity contribution in [2.24, 2.45) is 0 Å². The highest BCUT2D eigenvalue weighted by atomic mass is 19.4. The minimum Gasteiger partial charge on any atom is -0.378 e. The van der Waals surface area contributed by atoms with E-state index in [0.717, 1.165) is 11.1 Å². The lowest BCUT2D eigenvalue weighted by molar-refractivity contribution is -0.274. The average Bonchev–Trinajstić information content (AvgIpc) is 2.55. The summed E-state index contributed by atoms with van der Waals surface area (Å²) in [4.78, 5) is 1.57. The molecular formula is C19H21F4NO. The molecule has 0 aliphatic carbocycles. The van der Waals surface area contributed by atoms with Crippen molar-refractivity contribution < 1.29 is 22.7 Å². The van der Waals surface area contributed by atoms with Gasteiger partial charge in [-0.3, -0.25) is 4.90 Å². The van der Waals surface area contributed by atoms with E-state index in [0.29, 0.717) is 6.92 Å². The summed E-state index contributed by atoms with van der Waals surface area (Å²) in [5.41, 5.74) is -1.67. The predicted octanol–water partition coefficient (Wildman–Crippen LogP) is 4.34. The fourth-order valence-electron chi connectivity index (χ4n) is 2.45. The molecule has 0 amide bonds. The van der Waals surface area contributed by atoms with Crippen molar-refractivity contribution in [3.63, 3.8) is 0 Å². The molecule has 0 saturated carbocycles. The maximum atomic E-state index is 14.3. The highest BCUT2D eigenvalue weighted by Crippen LogP contribution is 2.34. The van der Waals surface area contributed by atoms with E-state index in [4.69, 9.17) is 0 Å². The number of halogens is 4. The number of alkyl halides is 4. The van der Waals surface area contributed by atoms with Gasteiger partial charge in [-0.25, -0.2) is 4.39 Å². The van der Waals surface area contributed by atoms with Gasteiger partial charge in [0.05, 0.1) is 0 Å². The molecule has 0 heterocycles. The minimum absolute atomic E-state index is 0.282. The van der Waals surface area contributed by atoms with E-state index in [1.54, 1.807) is 4.90 Å². The molecule has 136 valence electrons. The molecule has 0 radical (unpaired) electrons. The first-order valence-corrected chi connectivity index (χ1v) is 7.93. The average molecular weight is 355 g/mol. The van der Waals surface area contributed by atoms with Crippen molar-refractivity contribution in [1.29, 1.82) is 0 Å². The Morgan fingerprint density at radius 3 is 1.64 bits per heavy atom. The van der Waals surface area contributed by atoms with E-state index in [1.165, 1.54) is 0 Å². The number of hydrogen-bond donors (Lipinski definition) is 1. The molecule has 2 rings (SSSR count). The fourth-order valence-corrected chi connectivity index (χ4v) is 2.45. The van der Waals surface area contributed by atoms with Crippen LogP contribution in [0.3, 0.4) is 0 Å². The quantitative estimate of drug-likeness (QED) is 0.747. The summed E-state index contributed by atoms with van der Waals surface area (Å²) >= 11 is 0. The standard InChI is InChI=1S/C19H21F4NO/c1-18(25,19(21,22)23)17(20)14-24(12-15-8-4-2-5-9-15)13-16-10-6-3-7-11-16/h2-11,17,25H,12-14H2,1H3. The van der Waals surface area contributed by atoms with E-state index >= 15 is 0 Å². The van der Waals surface area contributed by atoms with Crippen LogP contribution in [0.2, 0.25) is 0 Å². The Bertz CT molecular complexity index is 602. The molecule has 2 nitrogen and oxygen atoms in total. The Hall–Kier alpha value is -1.92. The highest BCUT2D eigenvalue weighted by molar-refractivity contribution is 5.17. The topological polar surface area (TPSA) is 23.5 Å². The van der Waals surface area contributed by atoms with Crippen LogP contribution in [0.25, 0.3) is 0 Å². The molecule has 0 bridgehead atoms. The van der Waals surface area contributed by atoms with E-state index in [9.17, 15) is 22.7 Å². The Morgan fingerprint density at radius 1 is 0.880 bits per heavy atom. The van der Waals surface area contributed by atoms with Gasteiger partial charge in [-0.2, -0.15) is 13.2 Å². The van der Waals surface area contributed by atoms with Crippen LogP contribution < -0.4 is 0 Å². The maximum absolute atomic E-state index is 14.3. The summed E-state index contributed by atoms with van der Waals surface area (Å²) in [5.74, 6) is 0. The van der Waals surface area contributed by atoms with Crippen molar-refractivity contribution in [3.05, 3.63) is 71.8 Å². The van der Waals surface area contributed by atoms with Crippen molar-refractivity contribution in [1.82, 2.24) is 4.90 Å². The van der Waals surface area contributed by atoms with Gasteiger partial charge in [0.25, 0.3) is 0 Å². The minimum atomic E-state index is -5.03. The van der Waals surface area contributed by atoms with Gasteiger partial charge in [0.1, 0.15) is 6.17 Å². The van der Waals surface area contributed by atoms with Crippen molar-refractivity contribution in [3.8, 4) is 0 Å². The molecule has 2 aromatic rings. The number of benzene rings is 2. The Balaban J connectivity index is 2.16. The SMILES string of the molecule is CC(O)(C(F)CN(Cc1ccccc1)Cc1ccccc1)C(F)(F)F. The van der Waals surface area contributed by atoms with Crippen molar-refractivity contribution >= 4 is 0 Å². The van der Waals surface area contributed by atoms with E-state index < -0.39 is 24.5 Å². The summed E-state index contributed by atoms with van der Waals surface area (Å²) in [6.45, 7) is 0.505. The van der Waals surface area contributed by atoms with Gasteiger partial charge in [-0.15, -0.1) is 0 Å². The zero-order valence-corrected chi connectivity index (χ0v) is 13.9. The monoisotopic (exact) mass is 355 g/mol. The Morgan fingerprint density at radius 2 is 1.28 bits per heavy atom. The zero-order chi connectivity index (χ0) is 18.5. The number of hydrogen-bond acceptors (Lipinski definition) is 2.